The van der Waals surface area contributed by atoms with E-state index < -0.39 is 0 Å². The summed E-state index contributed by atoms with van der Waals surface area (Å²) < 4.78 is 12.1. The third kappa shape index (κ3) is 3.94. The molecule has 1 aliphatic rings. The lowest BCUT2D eigenvalue weighted by Gasteiger charge is -2.32. The number of hydrogen-bond donors (Lipinski definition) is 2. The molecule has 9 heteroatoms. The van der Waals surface area contributed by atoms with Crippen molar-refractivity contribution in [2.24, 2.45) is 0 Å². The maximum Gasteiger partial charge on any atom is 0.236 e. The van der Waals surface area contributed by atoms with Crippen LogP contribution < -0.4 is 15.5 Å². The zero-order valence-electron chi connectivity index (χ0n) is 15.1. The number of methoxy groups -OCH3 is 2. The lowest BCUT2D eigenvalue weighted by Crippen LogP contribution is -2.44. The van der Waals surface area contributed by atoms with E-state index in [2.05, 4.69) is 20.9 Å². The quantitative estimate of drug-likeness (QED) is 0.707. The van der Waals surface area contributed by atoms with Gasteiger partial charge in [-0.15, -0.1) is 10.2 Å². The maximum absolute atomic E-state index is 12.8. The second-order valence-corrected chi connectivity index (χ2v) is 7.03. The van der Waals surface area contributed by atoms with Crippen LogP contribution >= 0.6 is 11.8 Å². The molecule has 0 aliphatic carbocycles. The van der Waals surface area contributed by atoms with Gasteiger partial charge >= 0.3 is 0 Å². The summed E-state index contributed by atoms with van der Waals surface area (Å²) in [6, 6.07) is 7.50. The topological polar surface area (TPSA) is 90.3 Å². The third-order valence-electron chi connectivity index (χ3n) is 4.16. The number of nitrogens with zero attached hydrogens (tertiary/aromatic N) is 3. The molecule has 1 aromatic carbocycles. The molecular formula is C17H23N5O3S. The van der Waals surface area contributed by atoms with E-state index in [1.165, 1.54) is 11.8 Å². The number of amides is 1. The Morgan fingerprint density at radius 3 is 2.77 bits per heavy atom. The first kappa shape index (κ1) is 18.5. The van der Waals surface area contributed by atoms with E-state index >= 15 is 0 Å². The minimum atomic E-state index is -0.359. The monoisotopic (exact) mass is 377 g/mol. The Kier molecular flexibility index (Phi) is 6.00. The zero-order chi connectivity index (χ0) is 18.5. The second kappa shape index (κ2) is 8.41. The summed E-state index contributed by atoms with van der Waals surface area (Å²) in [5, 5.41) is 11.6. The molecule has 2 N–H and O–H groups in total. The van der Waals surface area contributed by atoms with Crippen LogP contribution in [0, 0.1) is 6.92 Å². The Balaban J connectivity index is 1.81. The molecule has 2 aromatic rings. The largest absolute Gasteiger partial charge is 0.497 e. The number of hydrogen-bond acceptors (Lipinski definition) is 7. The molecule has 1 amide bonds. The van der Waals surface area contributed by atoms with Gasteiger partial charge in [-0.25, -0.2) is 4.68 Å². The van der Waals surface area contributed by atoms with Crippen LogP contribution in [0.15, 0.2) is 29.4 Å². The van der Waals surface area contributed by atoms with E-state index in [9.17, 15) is 4.79 Å². The third-order valence-corrected chi connectivity index (χ3v) is 5.37. The number of ether oxygens (including phenoxy) is 2. The molecule has 1 aromatic heterocycles. The number of aromatic nitrogens is 3. The van der Waals surface area contributed by atoms with Crippen molar-refractivity contribution in [3.8, 4) is 5.75 Å². The fraction of sp³-hybridized carbons (Fsp3) is 0.471. The van der Waals surface area contributed by atoms with Gasteiger partial charge in [-0.2, -0.15) is 0 Å². The minimum absolute atomic E-state index is 0.0358. The summed E-state index contributed by atoms with van der Waals surface area (Å²) in [7, 11) is 3.28. The van der Waals surface area contributed by atoms with Crippen LogP contribution in [0.1, 0.15) is 23.9 Å². The van der Waals surface area contributed by atoms with Crippen LogP contribution in [0.2, 0.25) is 0 Å². The van der Waals surface area contributed by atoms with E-state index in [0.717, 1.165) is 23.6 Å². The van der Waals surface area contributed by atoms with E-state index in [4.69, 9.17) is 9.47 Å². The van der Waals surface area contributed by atoms with Gasteiger partial charge in [-0.3, -0.25) is 4.79 Å². The lowest BCUT2D eigenvalue weighted by molar-refractivity contribution is -0.121. The zero-order valence-corrected chi connectivity index (χ0v) is 15.9. The van der Waals surface area contributed by atoms with Crippen molar-refractivity contribution in [3.63, 3.8) is 0 Å². The number of carbonyl (C=O) groups excluding carboxylic acids is 1. The van der Waals surface area contributed by atoms with E-state index in [1.807, 2.05) is 35.9 Å². The lowest BCUT2D eigenvalue weighted by atomic mass is 10.0. The first-order chi connectivity index (χ1) is 12.6. The number of nitrogens with one attached hydrogen (secondary N) is 2. The Bertz CT molecular complexity index is 749. The highest BCUT2D eigenvalue weighted by Crippen LogP contribution is 2.37. The minimum Gasteiger partial charge on any atom is -0.497 e. The van der Waals surface area contributed by atoms with E-state index in [0.29, 0.717) is 18.3 Å². The number of carbonyl (C=O) groups is 1. The molecule has 0 fully saturated rings. The Morgan fingerprint density at radius 2 is 2.08 bits per heavy atom. The van der Waals surface area contributed by atoms with Gasteiger partial charge in [0.2, 0.25) is 11.1 Å². The summed E-state index contributed by atoms with van der Waals surface area (Å²) in [6.07, 6.45) is 0.773. The predicted octanol–water partition coefficient (Wildman–Crippen LogP) is 1.51. The fourth-order valence-electron chi connectivity index (χ4n) is 2.75. The first-order valence-electron chi connectivity index (χ1n) is 8.40. The van der Waals surface area contributed by atoms with Crippen molar-refractivity contribution < 1.29 is 14.3 Å². The number of fused-ring (bicyclic) bond motifs is 1. The van der Waals surface area contributed by atoms with Gasteiger partial charge in [-0.1, -0.05) is 23.9 Å². The molecule has 1 aliphatic heterocycles. The van der Waals surface area contributed by atoms with Gasteiger partial charge in [0.05, 0.1) is 13.2 Å². The van der Waals surface area contributed by atoms with Crippen LogP contribution in [0.25, 0.3) is 0 Å². The van der Waals surface area contributed by atoms with Crippen molar-refractivity contribution in [1.82, 2.24) is 20.2 Å². The molecule has 0 bridgehead atoms. The second-order valence-electron chi connectivity index (χ2n) is 5.92. The molecule has 2 atom stereocenters. The van der Waals surface area contributed by atoms with Gasteiger partial charge in [-0.05, 0) is 31.0 Å². The highest BCUT2D eigenvalue weighted by Gasteiger charge is 2.37. The standard InChI is InChI=1S/C17H23N5O3S/c1-11-19-20-17-22(11)21-14(12-5-7-13(25-3)8-6-12)15(26-17)16(23)18-9-4-10-24-2/h5-8,14-15,21H,4,9-10H2,1-3H3,(H,18,23)/t14-,15-/m0/s1. The molecule has 0 radical (unpaired) electrons. The molecule has 140 valence electrons. The van der Waals surface area contributed by atoms with Crippen LogP contribution in [0.4, 0.5) is 0 Å². The Hall–Kier alpha value is -2.26. The number of thioether (sulfide) groups is 1. The average Bonchev–Trinajstić information content (AvgIpc) is 3.04. The SMILES string of the molecule is COCCCNC(=O)[C@H]1Sc2nnc(C)n2N[C@H]1c1ccc(OC)cc1. The highest BCUT2D eigenvalue weighted by atomic mass is 32.2. The Labute approximate surface area is 156 Å². The molecule has 2 heterocycles. The Morgan fingerprint density at radius 1 is 1.31 bits per heavy atom. The van der Waals surface area contributed by atoms with E-state index in [1.54, 1.807) is 14.2 Å². The van der Waals surface area contributed by atoms with Crippen LogP contribution in [-0.4, -0.2) is 53.4 Å². The molecule has 0 saturated carbocycles. The van der Waals surface area contributed by atoms with Crippen LogP contribution in [0.3, 0.4) is 0 Å². The summed E-state index contributed by atoms with van der Waals surface area (Å²) in [6.45, 7) is 3.07. The van der Waals surface area contributed by atoms with Gasteiger partial charge in [0.1, 0.15) is 16.8 Å². The molecule has 0 spiro atoms. The smallest absolute Gasteiger partial charge is 0.236 e. The van der Waals surface area contributed by atoms with Crippen LogP contribution in [-0.2, 0) is 9.53 Å². The number of rotatable bonds is 7. The van der Waals surface area contributed by atoms with Crippen molar-refractivity contribution >= 4 is 17.7 Å². The molecule has 3 rings (SSSR count). The number of aryl methyl sites for hydroxylation is 1. The van der Waals surface area contributed by atoms with E-state index in [-0.39, 0.29) is 17.2 Å². The summed E-state index contributed by atoms with van der Waals surface area (Å²) in [4.78, 5) is 12.8. The first-order valence-corrected chi connectivity index (χ1v) is 9.28. The fourth-order valence-corrected chi connectivity index (χ4v) is 3.90. The van der Waals surface area contributed by atoms with Gasteiger partial charge in [0.15, 0.2) is 0 Å². The van der Waals surface area contributed by atoms with Crippen molar-refractivity contribution in [2.45, 2.75) is 29.8 Å². The van der Waals surface area contributed by atoms with Gasteiger partial charge in [0.25, 0.3) is 0 Å². The van der Waals surface area contributed by atoms with Crippen molar-refractivity contribution in [3.05, 3.63) is 35.7 Å². The molecule has 0 saturated heterocycles. The summed E-state index contributed by atoms with van der Waals surface area (Å²) in [5.74, 6) is 1.50. The normalized spacial score (nSPS) is 18.7. The molecular weight excluding hydrogens is 354 g/mol. The van der Waals surface area contributed by atoms with Crippen molar-refractivity contribution in [1.29, 1.82) is 0 Å². The molecule has 26 heavy (non-hydrogen) atoms. The summed E-state index contributed by atoms with van der Waals surface area (Å²) >= 11 is 1.41. The highest BCUT2D eigenvalue weighted by molar-refractivity contribution is 8.00. The van der Waals surface area contributed by atoms with Gasteiger partial charge in [0, 0.05) is 20.3 Å². The van der Waals surface area contributed by atoms with Crippen LogP contribution in [0.5, 0.6) is 5.75 Å². The van der Waals surface area contributed by atoms with Gasteiger partial charge < -0.3 is 20.2 Å². The number of benzene rings is 1. The summed E-state index contributed by atoms with van der Waals surface area (Å²) in [5.41, 5.74) is 4.37. The maximum atomic E-state index is 12.8. The van der Waals surface area contributed by atoms with Crippen molar-refractivity contribution in [2.75, 3.05) is 32.8 Å². The molecule has 0 unspecified atom stereocenters. The predicted molar refractivity (Wildman–Crippen MR) is 99.0 cm³/mol. The molecule has 8 nitrogen and oxygen atoms in total. The average molecular weight is 377 g/mol.